The number of nitrogens with two attached hydrogens (primary N) is 1. The molecule has 0 atom stereocenters. The van der Waals surface area contributed by atoms with E-state index < -0.39 is 0 Å². The van der Waals surface area contributed by atoms with Gasteiger partial charge in [0.05, 0.1) is 7.11 Å². The molecule has 112 valence electrons. The fourth-order valence-electron chi connectivity index (χ4n) is 1.87. The van der Waals surface area contributed by atoms with Gasteiger partial charge in [-0.15, -0.1) is 0 Å². The molecule has 0 fully saturated rings. The lowest BCUT2D eigenvalue weighted by Gasteiger charge is -2.11. The molecule has 0 unspecified atom stereocenters. The van der Waals surface area contributed by atoms with Crippen molar-refractivity contribution in [3.63, 3.8) is 0 Å². The summed E-state index contributed by atoms with van der Waals surface area (Å²) < 4.78 is 5.17. The molecular weight excluding hydrogens is 284 g/mol. The van der Waals surface area contributed by atoms with Gasteiger partial charge < -0.3 is 10.2 Å². The minimum atomic E-state index is 0.685. The van der Waals surface area contributed by atoms with Gasteiger partial charge in [0, 0.05) is 16.9 Å². The summed E-state index contributed by atoms with van der Waals surface area (Å²) >= 11 is 1.60. The van der Waals surface area contributed by atoms with Crippen molar-refractivity contribution in [3.8, 4) is 5.75 Å². The predicted octanol–water partition coefficient (Wildman–Crippen LogP) is 3.18. The molecule has 0 spiro atoms. The second kappa shape index (κ2) is 7.28. The van der Waals surface area contributed by atoms with Crippen LogP contribution in [0.2, 0.25) is 0 Å². The Morgan fingerprint density at radius 3 is 2.52 bits per heavy atom. The molecule has 1 heterocycles. The highest BCUT2D eigenvalue weighted by Crippen LogP contribution is 2.32. The first-order chi connectivity index (χ1) is 10.2. The maximum absolute atomic E-state index is 5.55. The van der Waals surface area contributed by atoms with Crippen molar-refractivity contribution in [2.45, 2.75) is 36.6 Å². The Hall–Kier alpha value is -1.79. The van der Waals surface area contributed by atoms with E-state index in [1.54, 1.807) is 18.9 Å². The molecule has 2 rings (SSSR count). The number of nitrogen functional groups attached to an aromatic ring is 1. The number of hydrazine groups is 1. The third-order valence-electron chi connectivity index (χ3n) is 3.03. The Morgan fingerprint density at radius 1 is 1.24 bits per heavy atom. The minimum Gasteiger partial charge on any atom is -0.497 e. The van der Waals surface area contributed by atoms with Crippen LogP contribution in [0.25, 0.3) is 0 Å². The molecule has 0 amide bonds. The zero-order chi connectivity index (χ0) is 15.2. The monoisotopic (exact) mass is 304 g/mol. The van der Waals surface area contributed by atoms with Gasteiger partial charge in [0.25, 0.3) is 0 Å². The fourth-order valence-corrected chi connectivity index (χ4v) is 2.77. The standard InChI is InChI=1S/C15H20N4OS/c1-4-5-13-17-14(19-16)10(2)15(18-13)21-12-8-6-11(20-3)7-9-12/h6-9H,4-5,16H2,1-3H3,(H,17,18,19). The van der Waals surface area contributed by atoms with Crippen molar-refractivity contribution in [3.05, 3.63) is 35.7 Å². The van der Waals surface area contributed by atoms with Crippen LogP contribution >= 0.6 is 11.8 Å². The highest BCUT2D eigenvalue weighted by atomic mass is 32.2. The quantitative estimate of drug-likeness (QED) is 0.485. The lowest BCUT2D eigenvalue weighted by molar-refractivity contribution is 0.414. The van der Waals surface area contributed by atoms with Crippen molar-refractivity contribution >= 4 is 17.6 Å². The van der Waals surface area contributed by atoms with Crippen molar-refractivity contribution < 1.29 is 4.74 Å². The first-order valence-corrected chi connectivity index (χ1v) is 7.65. The van der Waals surface area contributed by atoms with Crippen LogP contribution in [0.5, 0.6) is 5.75 Å². The second-order valence-corrected chi connectivity index (χ2v) is 5.65. The third-order valence-corrected chi connectivity index (χ3v) is 4.13. The summed E-state index contributed by atoms with van der Waals surface area (Å²) in [5, 5.41) is 0.923. The van der Waals surface area contributed by atoms with E-state index in [1.165, 1.54) is 0 Å². The van der Waals surface area contributed by atoms with Gasteiger partial charge in [0.15, 0.2) is 0 Å². The first kappa shape index (κ1) is 15.6. The van der Waals surface area contributed by atoms with Crippen molar-refractivity contribution in [2.24, 2.45) is 5.84 Å². The van der Waals surface area contributed by atoms with Gasteiger partial charge in [-0.3, -0.25) is 0 Å². The molecule has 2 aromatic rings. The van der Waals surface area contributed by atoms with Crippen LogP contribution in [-0.2, 0) is 6.42 Å². The largest absolute Gasteiger partial charge is 0.497 e. The predicted molar refractivity (Wildman–Crippen MR) is 85.7 cm³/mol. The maximum Gasteiger partial charge on any atom is 0.147 e. The van der Waals surface area contributed by atoms with E-state index in [2.05, 4.69) is 22.3 Å². The molecule has 0 aliphatic carbocycles. The SMILES string of the molecule is CCCc1nc(NN)c(C)c(Sc2ccc(OC)cc2)n1. The number of ether oxygens (including phenoxy) is 1. The smallest absolute Gasteiger partial charge is 0.147 e. The van der Waals surface area contributed by atoms with Crippen LogP contribution in [-0.4, -0.2) is 17.1 Å². The van der Waals surface area contributed by atoms with Crippen LogP contribution < -0.4 is 16.0 Å². The van der Waals surface area contributed by atoms with Crippen LogP contribution in [0, 0.1) is 6.92 Å². The van der Waals surface area contributed by atoms with Gasteiger partial charge in [0.2, 0.25) is 0 Å². The summed E-state index contributed by atoms with van der Waals surface area (Å²) in [5.74, 6) is 7.89. The number of nitrogens with zero attached hydrogens (tertiary/aromatic N) is 2. The molecule has 0 aliphatic rings. The Labute approximate surface area is 129 Å². The molecule has 0 saturated carbocycles. The average molecular weight is 304 g/mol. The molecule has 1 aromatic heterocycles. The van der Waals surface area contributed by atoms with Gasteiger partial charge in [-0.1, -0.05) is 18.7 Å². The highest BCUT2D eigenvalue weighted by molar-refractivity contribution is 7.99. The van der Waals surface area contributed by atoms with Crippen molar-refractivity contribution in [2.75, 3.05) is 12.5 Å². The Balaban J connectivity index is 2.30. The summed E-state index contributed by atoms with van der Waals surface area (Å²) in [6.07, 6.45) is 1.84. The Bertz CT molecular complexity index is 601. The molecule has 0 radical (unpaired) electrons. The average Bonchev–Trinajstić information content (AvgIpc) is 2.51. The summed E-state index contributed by atoms with van der Waals surface area (Å²) in [4.78, 5) is 10.2. The normalized spacial score (nSPS) is 10.5. The Kier molecular flexibility index (Phi) is 5.41. The molecule has 5 nitrogen and oxygen atoms in total. The lowest BCUT2D eigenvalue weighted by Crippen LogP contribution is -2.13. The number of rotatable bonds is 6. The minimum absolute atomic E-state index is 0.685. The number of nitrogens with one attached hydrogen (secondary N) is 1. The first-order valence-electron chi connectivity index (χ1n) is 6.84. The molecule has 0 aliphatic heterocycles. The van der Waals surface area contributed by atoms with Gasteiger partial charge >= 0.3 is 0 Å². The van der Waals surface area contributed by atoms with Crippen molar-refractivity contribution in [1.82, 2.24) is 9.97 Å². The van der Waals surface area contributed by atoms with Crippen LogP contribution in [0.4, 0.5) is 5.82 Å². The fraction of sp³-hybridized carbons (Fsp3) is 0.333. The second-order valence-electron chi connectivity index (χ2n) is 4.59. The van der Waals surface area contributed by atoms with Gasteiger partial charge in [-0.05, 0) is 37.6 Å². The van der Waals surface area contributed by atoms with Crippen LogP contribution in [0.3, 0.4) is 0 Å². The van der Waals surface area contributed by atoms with Crippen molar-refractivity contribution in [1.29, 1.82) is 0 Å². The van der Waals surface area contributed by atoms with Crippen LogP contribution in [0.1, 0.15) is 24.7 Å². The molecular formula is C15H20N4OS. The zero-order valence-electron chi connectivity index (χ0n) is 12.5. The summed E-state index contributed by atoms with van der Waals surface area (Å²) in [6, 6.07) is 7.90. The third kappa shape index (κ3) is 3.86. The van der Waals surface area contributed by atoms with E-state index in [4.69, 9.17) is 10.6 Å². The number of aromatic nitrogens is 2. The Morgan fingerprint density at radius 2 is 1.95 bits per heavy atom. The van der Waals surface area contributed by atoms with Gasteiger partial charge in [0.1, 0.15) is 22.4 Å². The molecule has 21 heavy (non-hydrogen) atoms. The highest BCUT2D eigenvalue weighted by Gasteiger charge is 2.11. The van der Waals surface area contributed by atoms with Gasteiger partial charge in [-0.2, -0.15) is 0 Å². The molecule has 0 bridgehead atoms. The molecule has 6 heteroatoms. The number of hydrogen-bond donors (Lipinski definition) is 2. The molecule has 3 N–H and O–H groups in total. The topological polar surface area (TPSA) is 73.1 Å². The number of methoxy groups -OCH3 is 1. The summed E-state index contributed by atoms with van der Waals surface area (Å²) in [5.41, 5.74) is 3.61. The summed E-state index contributed by atoms with van der Waals surface area (Å²) in [7, 11) is 1.66. The van der Waals surface area contributed by atoms with E-state index in [9.17, 15) is 0 Å². The van der Waals surface area contributed by atoms with E-state index >= 15 is 0 Å². The number of hydrogen-bond acceptors (Lipinski definition) is 6. The van der Waals surface area contributed by atoms with E-state index in [0.29, 0.717) is 5.82 Å². The maximum atomic E-state index is 5.55. The zero-order valence-corrected chi connectivity index (χ0v) is 13.3. The molecule has 1 aromatic carbocycles. The molecule has 0 saturated heterocycles. The van der Waals surface area contributed by atoms with E-state index in [0.717, 1.165) is 39.9 Å². The van der Waals surface area contributed by atoms with E-state index in [-0.39, 0.29) is 0 Å². The number of anilines is 1. The summed E-state index contributed by atoms with van der Waals surface area (Å²) in [6.45, 7) is 4.08. The van der Waals surface area contributed by atoms with E-state index in [1.807, 2.05) is 31.2 Å². The number of aryl methyl sites for hydroxylation is 1. The lowest BCUT2D eigenvalue weighted by atomic mass is 10.3. The van der Waals surface area contributed by atoms with Crippen LogP contribution in [0.15, 0.2) is 34.2 Å². The number of benzene rings is 1. The van der Waals surface area contributed by atoms with Gasteiger partial charge in [-0.25, -0.2) is 15.8 Å².